The van der Waals surface area contributed by atoms with E-state index in [1.54, 1.807) is 30.5 Å². The fourth-order valence-electron chi connectivity index (χ4n) is 1.84. The molecule has 0 N–H and O–H groups in total. The van der Waals surface area contributed by atoms with Gasteiger partial charge in [-0.05, 0) is 45.8 Å². The maximum atomic E-state index is 13.9. The molecule has 1 heterocycles. The second-order valence-electron chi connectivity index (χ2n) is 4.13. The zero-order valence-corrected chi connectivity index (χ0v) is 12.5. The van der Waals surface area contributed by atoms with Gasteiger partial charge in [-0.2, -0.15) is 0 Å². The van der Waals surface area contributed by atoms with Crippen LogP contribution in [0, 0.1) is 11.6 Å². The molecular formula is C15H8BrF2NS. The highest BCUT2D eigenvalue weighted by Crippen LogP contribution is 2.36. The van der Waals surface area contributed by atoms with E-state index in [0.717, 1.165) is 10.4 Å². The highest BCUT2D eigenvalue weighted by atomic mass is 79.9. The number of thiazole rings is 1. The van der Waals surface area contributed by atoms with E-state index in [1.165, 1.54) is 29.5 Å². The molecule has 0 radical (unpaired) electrons. The van der Waals surface area contributed by atoms with E-state index < -0.39 is 0 Å². The van der Waals surface area contributed by atoms with Gasteiger partial charge in [0.25, 0.3) is 0 Å². The number of benzene rings is 2. The number of hydrogen-bond acceptors (Lipinski definition) is 2. The molecule has 0 saturated carbocycles. The summed E-state index contributed by atoms with van der Waals surface area (Å²) in [6.45, 7) is 0. The Kier molecular flexibility index (Phi) is 3.63. The summed E-state index contributed by atoms with van der Waals surface area (Å²) >= 11 is 4.71. The van der Waals surface area contributed by atoms with Crippen LogP contribution in [0.5, 0.6) is 0 Å². The fraction of sp³-hybridized carbons (Fsp3) is 0. The molecule has 0 atom stereocenters. The van der Waals surface area contributed by atoms with Crippen molar-refractivity contribution in [1.82, 2.24) is 4.98 Å². The van der Waals surface area contributed by atoms with E-state index in [9.17, 15) is 8.78 Å². The van der Waals surface area contributed by atoms with Crippen LogP contribution < -0.4 is 0 Å². The van der Waals surface area contributed by atoms with Gasteiger partial charge < -0.3 is 0 Å². The molecule has 1 aromatic heterocycles. The second-order valence-corrected chi connectivity index (χ2v) is 6.02. The van der Waals surface area contributed by atoms with Gasteiger partial charge in [-0.15, -0.1) is 11.3 Å². The molecule has 0 unspecified atom stereocenters. The summed E-state index contributed by atoms with van der Waals surface area (Å²) in [5.74, 6) is -0.602. The lowest BCUT2D eigenvalue weighted by molar-refractivity contribution is 0.628. The lowest BCUT2D eigenvalue weighted by Crippen LogP contribution is -1.84. The van der Waals surface area contributed by atoms with Crippen LogP contribution in [0.15, 0.2) is 53.1 Å². The zero-order valence-electron chi connectivity index (χ0n) is 10.1. The molecule has 0 fully saturated rings. The van der Waals surface area contributed by atoms with Crippen molar-refractivity contribution in [3.63, 3.8) is 0 Å². The van der Waals surface area contributed by atoms with Crippen LogP contribution in [-0.4, -0.2) is 4.98 Å². The fourth-order valence-corrected chi connectivity index (χ4v) is 3.48. The maximum Gasteiger partial charge on any atom is 0.134 e. The van der Waals surface area contributed by atoms with E-state index in [-0.39, 0.29) is 11.6 Å². The molecule has 0 amide bonds. The van der Waals surface area contributed by atoms with Gasteiger partial charge in [-0.25, -0.2) is 13.8 Å². The summed E-state index contributed by atoms with van der Waals surface area (Å²) in [5.41, 5.74) is 1.31. The van der Waals surface area contributed by atoms with Crippen molar-refractivity contribution in [3.05, 3.63) is 64.8 Å². The Labute approximate surface area is 127 Å². The quantitative estimate of drug-likeness (QED) is 0.592. The number of halogens is 3. The van der Waals surface area contributed by atoms with Crippen molar-refractivity contribution in [3.8, 4) is 21.0 Å². The summed E-state index contributed by atoms with van der Waals surface area (Å²) in [6, 6.07) is 11.0. The first-order chi connectivity index (χ1) is 9.65. The Balaban J connectivity index is 2.04. The van der Waals surface area contributed by atoms with Crippen molar-refractivity contribution in [1.29, 1.82) is 0 Å². The number of nitrogens with zero attached hydrogens (tertiary/aromatic N) is 1. The summed E-state index contributed by atoms with van der Waals surface area (Å²) in [5, 5.41) is 0.592. The Bertz CT molecular complexity index is 733. The molecule has 1 nitrogen and oxygen atoms in total. The average Bonchev–Trinajstić information content (AvgIpc) is 2.89. The van der Waals surface area contributed by atoms with Gasteiger partial charge in [0.2, 0.25) is 0 Å². The molecule has 20 heavy (non-hydrogen) atoms. The molecule has 2 aromatic carbocycles. The first-order valence-electron chi connectivity index (χ1n) is 5.81. The first kappa shape index (κ1) is 13.4. The van der Waals surface area contributed by atoms with Crippen LogP contribution in [0.3, 0.4) is 0 Å². The van der Waals surface area contributed by atoms with Crippen molar-refractivity contribution < 1.29 is 8.78 Å². The van der Waals surface area contributed by atoms with E-state index in [4.69, 9.17) is 0 Å². The summed E-state index contributed by atoms with van der Waals surface area (Å²) in [7, 11) is 0. The summed E-state index contributed by atoms with van der Waals surface area (Å²) < 4.78 is 27.5. The molecular weight excluding hydrogens is 344 g/mol. The minimum atomic E-state index is -0.320. The largest absolute Gasteiger partial charge is 0.244 e. The minimum Gasteiger partial charge on any atom is -0.244 e. The normalized spacial score (nSPS) is 10.8. The van der Waals surface area contributed by atoms with Gasteiger partial charge in [0, 0.05) is 10.7 Å². The molecule has 3 rings (SSSR count). The highest BCUT2D eigenvalue weighted by molar-refractivity contribution is 9.10. The standard InChI is InChI=1S/C15H8BrF2NS/c16-11-2-1-3-12(18)14(11)15-19-8-13(20-15)9-4-6-10(17)7-5-9/h1-8H. The van der Waals surface area contributed by atoms with Crippen LogP contribution in [0.1, 0.15) is 0 Å². The minimum absolute atomic E-state index is 0.282. The van der Waals surface area contributed by atoms with Gasteiger partial charge in [0.1, 0.15) is 16.6 Å². The van der Waals surface area contributed by atoms with Crippen molar-refractivity contribution in [2.75, 3.05) is 0 Å². The molecule has 0 aliphatic rings. The zero-order chi connectivity index (χ0) is 14.1. The lowest BCUT2D eigenvalue weighted by atomic mass is 10.2. The van der Waals surface area contributed by atoms with Crippen molar-refractivity contribution in [2.24, 2.45) is 0 Å². The molecule has 0 saturated heterocycles. The van der Waals surface area contributed by atoms with Gasteiger partial charge in [0.05, 0.1) is 10.4 Å². The lowest BCUT2D eigenvalue weighted by Gasteiger charge is -2.01. The van der Waals surface area contributed by atoms with Crippen LogP contribution in [0.4, 0.5) is 8.78 Å². The third-order valence-electron chi connectivity index (χ3n) is 2.81. The van der Waals surface area contributed by atoms with E-state index in [1.807, 2.05) is 0 Å². The number of rotatable bonds is 2. The van der Waals surface area contributed by atoms with Crippen LogP contribution in [-0.2, 0) is 0 Å². The number of hydrogen-bond donors (Lipinski definition) is 0. The summed E-state index contributed by atoms with van der Waals surface area (Å²) in [6.07, 6.45) is 1.67. The smallest absolute Gasteiger partial charge is 0.134 e. The van der Waals surface area contributed by atoms with E-state index in [2.05, 4.69) is 20.9 Å². The van der Waals surface area contributed by atoms with Gasteiger partial charge in [0.15, 0.2) is 0 Å². The van der Waals surface area contributed by atoms with Crippen LogP contribution in [0.2, 0.25) is 0 Å². The Morgan fingerprint density at radius 2 is 1.75 bits per heavy atom. The first-order valence-corrected chi connectivity index (χ1v) is 7.42. The third kappa shape index (κ3) is 2.51. The Morgan fingerprint density at radius 3 is 2.45 bits per heavy atom. The van der Waals surface area contributed by atoms with Crippen molar-refractivity contribution >= 4 is 27.3 Å². The third-order valence-corrected chi connectivity index (χ3v) is 4.54. The average molecular weight is 352 g/mol. The van der Waals surface area contributed by atoms with Crippen LogP contribution in [0.25, 0.3) is 21.0 Å². The summed E-state index contributed by atoms with van der Waals surface area (Å²) in [4.78, 5) is 5.13. The SMILES string of the molecule is Fc1ccc(-c2cnc(-c3c(F)cccc3Br)s2)cc1. The van der Waals surface area contributed by atoms with Crippen molar-refractivity contribution in [2.45, 2.75) is 0 Å². The topological polar surface area (TPSA) is 12.9 Å². The maximum absolute atomic E-state index is 13.9. The van der Waals surface area contributed by atoms with Gasteiger partial charge in [-0.3, -0.25) is 0 Å². The molecule has 100 valence electrons. The molecule has 3 aromatic rings. The Morgan fingerprint density at radius 1 is 1.00 bits per heavy atom. The monoisotopic (exact) mass is 351 g/mol. The second kappa shape index (κ2) is 5.42. The molecule has 0 bridgehead atoms. The van der Waals surface area contributed by atoms with Crippen LogP contribution >= 0.6 is 27.3 Å². The predicted molar refractivity (Wildman–Crippen MR) is 80.6 cm³/mol. The van der Waals surface area contributed by atoms with Gasteiger partial charge >= 0.3 is 0 Å². The predicted octanol–water partition coefficient (Wildman–Crippen LogP) is 5.52. The molecule has 5 heteroatoms. The molecule has 0 aliphatic heterocycles. The highest BCUT2D eigenvalue weighted by Gasteiger charge is 2.13. The number of aromatic nitrogens is 1. The molecule has 0 aliphatic carbocycles. The van der Waals surface area contributed by atoms with Gasteiger partial charge in [-0.1, -0.05) is 18.2 Å². The van der Waals surface area contributed by atoms with E-state index >= 15 is 0 Å². The Hall–Kier alpha value is -1.59. The van der Waals surface area contributed by atoms with E-state index in [0.29, 0.717) is 15.0 Å². The molecule has 0 spiro atoms.